The standard InChI is InChI=1S/C11H14N2O/c1-9-4-6-13(8-9)11(14)10-3-2-5-12-7-10/h2-3,5,7,9H,4,6,8H2,1H3. The fourth-order valence-corrected chi connectivity index (χ4v) is 1.79. The number of nitrogens with zero attached hydrogens (tertiary/aromatic N) is 2. The van der Waals surface area contributed by atoms with Gasteiger partial charge in [0.1, 0.15) is 0 Å². The number of rotatable bonds is 1. The van der Waals surface area contributed by atoms with Gasteiger partial charge in [-0.25, -0.2) is 0 Å². The van der Waals surface area contributed by atoms with Crippen molar-refractivity contribution in [2.24, 2.45) is 5.92 Å². The van der Waals surface area contributed by atoms with Crippen molar-refractivity contribution >= 4 is 5.91 Å². The highest BCUT2D eigenvalue weighted by Crippen LogP contribution is 2.17. The SMILES string of the molecule is CC1CCN(C(=O)c2cccnc2)C1. The molecule has 0 aromatic carbocycles. The van der Waals surface area contributed by atoms with E-state index in [2.05, 4.69) is 11.9 Å². The molecule has 0 bridgehead atoms. The van der Waals surface area contributed by atoms with E-state index in [1.165, 1.54) is 0 Å². The molecule has 1 aromatic rings. The third kappa shape index (κ3) is 1.76. The molecule has 14 heavy (non-hydrogen) atoms. The van der Waals surface area contributed by atoms with Gasteiger partial charge in [0.15, 0.2) is 0 Å². The van der Waals surface area contributed by atoms with Crippen LogP contribution in [-0.4, -0.2) is 28.9 Å². The van der Waals surface area contributed by atoms with E-state index in [0.29, 0.717) is 11.5 Å². The molecular weight excluding hydrogens is 176 g/mol. The Bertz CT molecular complexity index is 323. The number of hydrogen-bond donors (Lipinski definition) is 0. The minimum absolute atomic E-state index is 0.113. The second kappa shape index (κ2) is 3.78. The van der Waals surface area contributed by atoms with E-state index in [0.717, 1.165) is 19.5 Å². The van der Waals surface area contributed by atoms with E-state index in [-0.39, 0.29) is 5.91 Å². The first-order chi connectivity index (χ1) is 6.77. The van der Waals surface area contributed by atoms with E-state index < -0.39 is 0 Å². The van der Waals surface area contributed by atoms with Gasteiger partial charge in [-0.3, -0.25) is 9.78 Å². The Balaban J connectivity index is 2.10. The van der Waals surface area contributed by atoms with Crippen LogP contribution in [-0.2, 0) is 0 Å². The van der Waals surface area contributed by atoms with Crippen LogP contribution in [0.5, 0.6) is 0 Å². The number of likely N-dealkylation sites (tertiary alicyclic amines) is 1. The Morgan fingerprint density at radius 3 is 3.07 bits per heavy atom. The molecule has 1 amide bonds. The highest BCUT2D eigenvalue weighted by Gasteiger charge is 2.23. The zero-order valence-electron chi connectivity index (χ0n) is 8.31. The molecule has 1 unspecified atom stereocenters. The van der Waals surface area contributed by atoms with Crippen molar-refractivity contribution in [1.29, 1.82) is 0 Å². The summed E-state index contributed by atoms with van der Waals surface area (Å²) in [5.74, 6) is 0.748. The van der Waals surface area contributed by atoms with Gasteiger partial charge in [0, 0.05) is 25.5 Å². The molecule has 1 saturated heterocycles. The van der Waals surface area contributed by atoms with Gasteiger partial charge in [-0.05, 0) is 24.5 Å². The Kier molecular flexibility index (Phi) is 2.48. The van der Waals surface area contributed by atoms with Gasteiger partial charge in [0.25, 0.3) is 5.91 Å². The quantitative estimate of drug-likeness (QED) is 0.673. The molecule has 2 heterocycles. The Morgan fingerprint density at radius 1 is 1.64 bits per heavy atom. The predicted molar refractivity (Wildman–Crippen MR) is 53.9 cm³/mol. The number of carbonyl (C=O) groups excluding carboxylic acids is 1. The predicted octanol–water partition coefficient (Wildman–Crippen LogP) is 1.56. The molecule has 0 spiro atoms. The maximum Gasteiger partial charge on any atom is 0.255 e. The molecule has 74 valence electrons. The number of aromatic nitrogens is 1. The van der Waals surface area contributed by atoms with Crippen molar-refractivity contribution in [2.75, 3.05) is 13.1 Å². The fourth-order valence-electron chi connectivity index (χ4n) is 1.79. The summed E-state index contributed by atoms with van der Waals surface area (Å²) < 4.78 is 0. The maximum absolute atomic E-state index is 11.9. The average Bonchev–Trinajstić information content (AvgIpc) is 2.65. The summed E-state index contributed by atoms with van der Waals surface area (Å²) in [6.45, 7) is 3.94. The van der Waals surface area contributed by atoms with Crippen molar-refractivity contribution in [3.05, 3.63) is 30.1 Å². The molecule has 0 radical (unpaired) electrons. The van der Waals surface area contributed by atoms with Gasteiger partial charge < -0.3 is 4.90 Å². The minimum atomic E-state index is 0.113. The molecule has 3 nitrogen and oxygen atoms in total. The largest absolute Gasteiger partial charge is 0.338 e. The van der Waals surface area contributed by atoms with Crippen LogP contribution >= 0.6 is 0 Å². The maximum atomic E-state index is 11.9. The van der Waals surface area contributed by atoms with Crippen LogP contribution in [0.4, 0.5) is 0 Å². The first kappa shape index (κ1) is 9.19. The summed E-state index contributed by atoms with van der Waals surface area (Å²) in [6.07, 6.45) is 4.43. The third-order valence-corrected chi connectivity index (χ3v) is 2.62. The molecule has 0 saturated carbocycles. The molecule has 1 aliphatic heterocycles. The van der Waals surface area contributed by atoms with Gasteiger partial charge >= 0.3 is 0 Å². The molecule has 0 aliphatic carbocycles. The molecule has 1 aliphatic rings. The van der Waals surface area contributed by atoms with E-state index in [1.54, 1.807) is 18.5 Å². The number of pyridine rings is 1. The summed E-state index contributed by atoms with van der Waals surface area (Å²) in [5.41, 5.74) is 0.696. The number of amides is 1. The van der Waals surface area contributed by atoms with Gasteiger partial charge in [0.2, 0.25) is 0 Å². The van der Waals surface area contributed by atoms with Crippen LogP contribution in [0, 0.1) is 5.92 Å². The highest BCUT2D eigenvalue weighted by atomic mass is 16.2. The molecule has 1 aromatic heterocycles. The molecule has 1 atom stereocenters. The van der Waals surface area contributed by atoms with Crippen LogP contribution in [0.2, 0.25) is 0 Å². The van der Waals surface area contributed by atoms with Crippen LogP contribution in [0.1, 0.15) is 23.7 Å². The van der Waals surface area contributed by atoms with Crippen molar-refractivity contribution < 1.29 is 4.79 Å². The third-order valence-electron chi connectivity index (χ3n) is 2.62. The van der Waals surface area contributed by atoms with Crippen LogP contribution in [0.25, 0.3) is 0 Å². The first-order valence-electron chi connectivity index (χ1n) is 4.96. The van der Waals surface area contributed by atoms with Crippen LogP contribution in [0.3, 0.4) is 0 Å². The van der Waals surface area contributed by atoms with Crippen LogP contribution < -0.4 is 0 Å². The molecule has 1 fully saturated rings. The summed E-state index contributed by atoms with van der Waals surface area (Å²) in [6, 6.07) is 3.62. The lowest BCUT2D eigenvalue weighted by Crippen LogP contribution is -2.28. The van der Waals surface area contributed by atoms with E-state index >= 15 is 0 Å². The van der Waals surface area contributed by atoms with E-state index in [9.17, 15) is 4.79 Å². The number of carbonyl (C=O) groups is 1. The zero-order valence-corrected chi connectivity index (χ0v) is 8.31. The lowest BCUT2D eigenvalue weighted by Gasteiger charge is -2.15. The van der Waals surface area contributed by atoms with Gasteiger partial charge in [-0.1, -0.05) is 6.92 Å². The van der Waals surface area contributed by atoms with Crippen molar-refractivity contribution in [1.82, 2.24) is 9.88 Å². The fraction of sp³-hybridized carbons (Fsp3) is 0.455. The summed E-state index contributed by atoms with van der Waals surface area (Å²) in [7, 11) is 0. The average molecular weight is 190 g/mol. The molecule has 3 heteroatoms. The first-order valence-corrected chi connectivity index (χ1v) is 4.96. The van der Waals surface area contributed by atoms with Gasteiger partial charge in [-0.15, -0.1) is 0 Å². The van der Waals surface area contributed by atoms with Crippen LogP contribution in [0.15, 0.2) is 24.5 Å². The lowest BCUT2D eigenvalue weighted by atomic mass is 10.2. The Morgan fingerprint density at radius 2 is 2.50 bits per heavy atom. The zero-order chi connectivity index (χ0) is 9.97. The lowest BCUT2D eigenvalue weighted by molar-refractivity contribution is 0.0787. The summed E-state index contributed by atoms with van der Waals surface area (Å²) in [4.78, 5) is 17.7. The molecular formula is C11H14N2O. The second-order valence-corrected chi connectivity index (χ2v) is 3.89. The molecule has 2 rings (SSSR count). The second-order valence-electron chi connectivity index (χ2n) is 3.89. The monoisotopic (exact) mass is 190 g/mol. The summed E-state index contributed by atoms with van der Waals surface area (Å²) >= 11 is 0. The molecule has 0 N–H and O–H groups in total. The minimum Gasteiger partial charge on any atom is -0.338 e. The van der Waals surface area contributed by atoms with Gasteiger partial charge in [0.05, 0.1) is 5.56 Å². The highest BCUT2D eigenvalue weighted by molar-refractivity contribution is 5.94. The van der Waals surface area contributed by atoms with E-state index in [4.69, 9.17) is 0 Å². The Hall–Kier alpha value is -1.38. The van der Waals surface area contributed by atoms with Crippen molar-refractivity contribution in [3.63, 3.8) is 0 Å². The summed E-state index contributed by atoms with van der Waals surface area (Å²) in [5, 5.41) is 0. The van der Waals surface area contributed by atoms with Crippen molar-refractivity contribution in [3.8, 4) is 0 Å². The Labute approximate surface area is 83.8 Å². The normalized spacial score (nSPS) is 21.2. The topological polar surface area (TPSA) is 33.2 Å². The van der Waals surface area contributed by atoms with E-state index in [1.807, 2.05) is 11.0 Å². The number of hydrogen-bond acceptors (Lipinski definition) is 2. The van der Waals surface area contributed by atoms with Crippen molar-refractivity contribution in [2.45, 2.75) is 13.3 Å². The smallest absolute Gasteiger partial charge is 0.255 e. The van der Waals surface area contributed by atoms with Gasteiger partial charge in [-0.2, -0.15) is 0 Å².